The van der Waals surface area contributed by atoms with Crippen LogP contribution in [0.5, 0.6) is 0 Å². The lowest BCUT2D eigenvalue weighted by molar-refractivity contribution is -0.138. The molecule has 88 valence electrons. The normalized spacial score (nSPS) is 17.2. The van der Waals surface area contributed by atoms with Gasteiger partial charge in [0.2, 0.25) is 0 Å². The van der Waals surface area contributed by atoms with Crippen molar-refractivity contribution in [1.82, 2.24) is 0 Å². The van der Waals surface area contributed by atoms with E-state index in [1.807, 2.05) is 0 Å². The van der Waals surface area contributed by atoms with Gasteiger partial charge in [-0.1, -0.05) is 18.6 Å². The lowest BCUT2D eigenvalue weighted by Gasteiger charge is -2.29. The average Bonchev–Trinajstić information content (AvgIpc) is 2.13. The number of aliphatic hydroxyl groups is 1. The summed E-state index contributed by atoms with van der Waals surface area (Å²) >= 11 is 0. The molecule has 1 saturated carbocycles. The highest BCUT2D eigenvalue weighted by Crippen LogP contribution is 2.43. The summed E-state index contributed by atoms with van der Waals surface area (Å²) in [7, 11) is 0. The summed E-state index contributed by atoms with van der Waals surface area (Å²) in [6.07, 6.45) is -1.67. The average molecular weight is 230 g/mol. The molecule has 0 heterocycles. The maximum atomic E-state index is 12.7. The van der Waals surface area contributed by atoms with Gasteiger partial charge in [0, 0.05) is 0 Å². The minimum atomic E-state index is -4.29. The van der Waals surface area contributed by atoms with Crippen molar-refractivity contribution in [3.8, 4) is 0 Å². The molecule has 0 saturated heterocycles. The number of benzene rings is 1. The monoisotopic (exact) mass is 230 g/mol. The lowest BCUT2D eigenvalue weighted by Crippen LogP contribution is -2.17. The number of hydrogen-bond acceptors (Lipinski definition) is 1. The molecule has 0 spiro atoms. The van der Waals surface area contributed by atoms with E-state index in [9.17, 15) is 13.2 Å². The van der Waals surface area contributed by atoms with Crippen molar-refractivity contribution < 1.29 is 18.3 Å². The van der Waals surface area contributed by atoms with Crippen LogP contribution in [-0.2, 0) is 12.8 Å². The lowest BCUT2D eigenvalue weighted by atomic mass is 9.77. The zero-order chi connectivity index (χ0) is 11.8. The quantitative estimate of drug-likeness (QED) is 0.824. The van der Waals surface area contributed by atoms with Gasteiger partial charge in [-0.3, -0.25) is 0 Å². The van der Waals surface area contributed by atoms with Gasteiger partial charge in [0.25, 0.3) is 0 Å². The Morgan fingerprint density at radius 2 is 1.94 bits per heavy atom. The Balaban J connectivity index is 2.42. The van der Waals surface area contributed by atoms with Crippen LogP contribution < -0.4 is 0 Å². The van der Waals surface area contributed by atoms with Crippen LogP contribution in [-0.4, -0.2) is 5.11 Å². The van der Waals surface area contributed by atoms with Gasteiger partial charge in [0.15, 0.2) is 0 Å². The molecular formula is C12H13F3O. The topological polar surface area (TPSA) is 20.2 Å². The molecule has 1 aliphatic carbocycles. The predicted octanol–water partition coefficient (Wildman–Crippen LogP) is 3.47. The van der Waals surface area contributed by atoms with Gasteiger partial charge in [-0.15, -0.1) is 0 Å². The Bertz CT molecular complexity index is 380. The van der Waals surface area contributed by atoms with Crippen molar-refractivity contribution >= 4 is 0 Å². The summed E-state index contributed by atoms with van der Waals surface area (Å²) in [5.74, 6) is 0.0168. The Morgan fingerprint density at radius 3 is 2.38 bits per heavy atom. The van der Waals surface area contributed by atoms with Crippen LogP contribution in [0.4, 0.5) is 13.2 Å². The van der Waals surface area contributed by atoms with Gasteiger partial charge in [-0.05, 0) is 36.0 Å². The molecule has 0 aromatic heterocycles. The van der Waals surface area contributed by atoms with Crippen LogP contribution in [0.15, 0.2) is 18.2 Å². The van der Waals surface area contributed by atoms with E-state index in [2.05, 4.69) is 0 Å². The molecule has 0 atom stereocenters. The first kappa shape index (κ1) is 11.5. The van der Waals surface area contributed by atoms with E-state index in [0.29, 0.717) is 11.1 Å². The number of aliphatic hydroxyl groups excluding tert-OH is 1. The summed E-state index contributed by atoms with van der Waals surface area (Å²) < 4.78 is 38.2. The molecule has 0 radical (unpaired) electrons. The molecule has 2 rings (SSSR count). The van der Waals surface area contributed by atoms with Crippen molar-refractivity contribution in [3.63, 3.8) is 0 Å². The van der Waals surface area contributed by atoms with Gasteiger partial charge in [0.1, 0.15) is 0 Å². The van der Waals surface area contributed by atoms with Gasteiger partial charge in [0.05, 0.1) is 12.2 Å². The maximum absolute atomic E-state index is 12.7. The highest BCUT2D eigenvalue weighted by atomic mass is 19.4. The molecule has 4 heteroatoms. The second-order valence-corrected chi connectivity index (χ2v) is 4.21. The second kappa shape index (κ2) is 4.09. The van der Waals surface area contributed by atoms with Crippen LogP contribution in [0.2, 0.25) is 0 Å². The minimum absolute atomic E-state index is 0.0168. The zero-order valence-electron chi connectivity index (χ0n) is 8.72. The Hall–Kier alpha value is -1.03. The fourth-order valence-electron chi connectivity index (χ4n) is 2.03. The molecule has 1 nitrogen and oxygen atoms in total. The highest BCUT2D eigenvalue weighted by molar-refractivity contribution is 5.37. The number of rotatable bonds is 2. The Kier molecular flexibility index (Phi) is 2.93. The van der Waals surface area contributed by atoms with Crippen LogP contribution in [0.25, 0.3) is 0 Å². The van der Waals surface area contributed by atoms with Crippen molar-refractivity contribution in [3.05, 3.63) is 34.9 Å². The van der Waals surface area contributed by atoms with E-state index in [-0.39, 0.29) is 12.5 Å². The van der Waals surface area contributed by atoms with Crippen molar-refractivity contribution in [2.45, 2.75) is 38.0 Å². The molecule has 1 fully saturated rings. The fourth-order valence-corrected chi connectivity index (χ4v) is 2.03. The van der Waals surface area contributed by atoms with Gasteiger partial charge in [-0.25, -0.2) is 0 Å². The zero-order valence-corrected chi connectivity index (χ0v) is 8.72. The predicted molar refractivity (Wildman–Crippen MR) is 54.0 cm³/mol. The molecule has 0 bridgehead atoms. The van der Waals surface area contributed by atoms with E-state index < -0.39 is 11.7 Å². The Labute approximate surface area is 91.9 Å². The summed E-state index contributed by atoms with van der Waals surface area (Å²) in [5, 5.41) is 8.95. The van der Waals surface area contributed by atoms with Gasteiger partial charge in [-0.2, -0.15) is 13.2 Å². The maximum Gasteiger partial charge on any atom is 0.416 e. The van der Waals surface area contributed by atoms with E-state index in [4.69, 9.17) is 5.11 Å². The third-order valence-electron chi connectivity index (χ3n) is 3.15. The fraction of sp³-hybridized carbons (Fsp3) is 0.500. The smallest absolute Gasteiger partial charge is 0.392 e. The SMILES string of the molecule is OCc1ccc(C(F)(F)F)c(C2CCC2)c1. The third-order valence-corrected chi connectivity index (χ3v) is 3.15. The number of alkyl halides is 3. The number of halogens is 3. The first-order valence-corrected chi connectivity index (χ1v) is 5.33. The van der Waals surface area contributed by atoms with Gasteiger partial charge < -0.3 is 5.11 Å². The first-order valence-electron chi connectivity index (χ1n) is 5.33. The molecule has 1 aromatic carbocycles. The first-order chi connectivity index (χ1) is 7.52. The molecule has 0 aliphatic heterocycles. The molecule has 0 unspecified atom stereocenters. The van der Waals surface area contributed by atoms with Crippen LogP contribution in [0.3, 0.4) is 0 Å². The molecule has 0 amide bonds. The second-order valence-electron chi connectivity index (χ2n) is 4.21. The summed E-state index contributed by atoms with van der Waals surface area (Å²) in [5.41, 5.74) is 0.356. The number of hydrogen-bond donors (Lipinski definition) is 1. The van der Waals surface area contributed by atoms with Gasteiger partial charge >= 0.3 is 6.18 Å². The van der Waals surface area contributed by atoms with Crippen molar-refractivity contribution in [2.24, 2.45) is 0 Å². The summed E-state index contributed by atoms with van der Waals surface area (Å²) in [4.78, 5) is 0. The molecule has 1 aliphatic rings. The van der Waals surface area contributed by atoms with Crippen LogP contribution in [0.1, 0.15) is 41.9 Å². The van der Waals surface area contributed by atoms with Crippen LogP contribution >= 0.6 is 0 Å². The molecule has 16 heavy (non-hydrogen) atoms. The molecular weight excluding hydrogens is 217 g/mol. The van der Waals surface area contributed by atoms with E-state index in [1.165, 1.54) is 12.1 Å². The minimum Gasteiger partial charge on any atom is -0.392 e. The summed E-state index contributed by atoms with van der Waals surface area (Å²) in [6.45, 7) is -0.210. The third kappa shape index (κ3) is 2.07. The van der Waals surface area contributed by atoms with E-state index >= 15 is 0 Å². The standard InChI is InChI=1S/C12H13F3O/c13-12(14,15)11-5-4-8(7-16)6-10(11)9-2-1-3-9/h4-6,9,16H,1-3,7H2. The van der Waals surface area contributed by atoms with Crippen molar-refractivity contribution in [1.29, 1.82) is 0 Å². The highest BCUT2D eigenvalue weighted by Gasteiger charge is 2.36. The summed E-state index contributed by atoms with van der Waals surface area (Å²) in [6, 6.07) is 3.91. The van der Waals surface area contributed by atoms with E-state index in [1.54, 1.807) is 0 Å². The molecule has 1 aromatic rings. The van der Waals surface area contributed by atoms with Crippen LogP contribution in [0, 0.1) is 0 Å². The molecule has 1 N–H and O–H groups in total. The largest absolute Gasteiger partial charge is 0.416 e. The van der Waals surface area contributed by atoms with E-state index in [0.717, 1.165) is 25.3 Å². The van der Waals surface area contributed by atoms with Crippen molar-refractivity contribution in [2.75, 3.05) is 0 Å². The Morgan fingerprint density at radius 1 is 1.25 bits per heavy atom.